The number of aromatic nitrogens is 1. The van der Waals surface area contributed by atoms with Gasteiger partial charge in [-0.2, -0.15) is 9.57 Å². The lowest BCUT2D eigenvalue weighted by Gasteiger charge is -2.17. The smallest absolute Gasteiger partial charge is 0.358 e. The Balaban J connectivity index is 3.11. The molecule has 0 aliphatic heterocycles. The highest BCUT2D eigenvalue weighted by molar-refractivity contribution is 7.89. The van der Waals surface area contributed by atoms with Crippen molar-refractivity contribution in [3.63, 3.8) is 0 Å². The zero-order chi connectivity index (χ0) is 14.5. The van der Waals surface area contributed by atoms with Crippen molar-refractivity contribution in [2.45, 2.75) is 18.2 Å². The van der Waals surface area contributed by atoms with Crippen molar-refractivity contribution < 1.29 is 13.3 Å². The molecule has 1 aromatic heterocycles. The molecule has 0 aliphatic rings. The van der Waals surface area contributed by atoms with E-state index in [4.69, 9.17) is 5.26 Å². The van der Waals surface area contributed by atoms with Gasteiger partial charge in [-0.05, 0) is 22.4 Å². The Kier molecular flexibility index (Phi) is 4.91. The first kappa shape index (κ1) is 15.0. The van der Waals surface area contributed by atoms with Crippen LogP contribution in [0, 0.1) is 21.4 Å². The normalized spacial score (nSPS) is 11.2. The predicted octanol–water partition coefficient (Wildman–Crippen LogP) is 0.914. The average Bonchev–Trinajstić information content (AvgIpc) is 2.38. The topological polar surface area (TPSA) is 117 Å². The summed E-state index contributed by atoms with van der Waals surface area (Å²) >= 11 is 0. The van der Waals surface area contributed by atoms with Crippen LogP contribution in [0.1, 0.15) is 13.3 Å². The number of hydrogen-bond donors (Lipinski definition) is 0. The number of nitrogens with zero attached hydrogens (tertiary/aromatic N) is 4. The summed E-state index contributed by atoms with van der Waals surface area (Å²) in [5.41, 5.74) is 0. The molecule has 8 nitrogen and oxygen atoms in total. The molecule has 1 heterocycles. The van der Waals surface area contributed by atoms with Gasteiger partial charge in [0.25, 0.3) is 0 Å². The van der Waals surface area contributed by atoms with Gasteiger partial charge in [-0.15, -0.1) is 0 Å². The van der Waals surface area contributed by atoms with E-state index in [9.17, 15) is 18.5 Å². The van der Waals surface area contributed by atoms with E-state index in [-0.39, 0.29) is 18.0 Å². The van der Waals surface area contributed by atoms with Gasteiger partial charge < -0.3 is 10.1 Å². The summed E-state index contributed by atoms with van der Waals surface area (Å²) < 4.78 is 25.3. The van der Waals surface area contributed by atoms with Crippen molar-refractivity contribution in [1.82, 2.24) is 9.29 Å². The minimum Gasteiger partial charge on any atom is -0.358 e. The molecule has 0 N–H and O–H groups in total. The van der Waals surface area contributed by atoms with E-state index >= 15 is 0 Å². The first-order valence-electron chi connectivity index (χ1n) is 5.41. The van der Waals surface area contributed by atoms with Gasteiger partial charge >= 0.3 is 5.82 Å². The molecule has 9 heteroatoms. The average molecular weight is 284 g/mol. The number of sulfonamides is 1. The third kappa shape index (κ3) is 3.46. The Bertz CT molecular complexity index is 591. The van der Waals surface area contributed by atoms with E-state index in [1.807, 2.05) is 0 Å². The molecule has 0 saturated heterocycles. The van der Waals surface area contributed by atoms with E-state index in [2.05, 4.69) is 4.98 Å². The van der Waals surface area contributed by atoms with E-state index < -0.39 is 20.8 Å². The van der Waals surface area contributed by atoms with Crippen LogP contribution < -0.4 is 0 Å². The van der Waals surface area contributed by atoms with Crippen LogP contribution >= 0.6 is 0 Å². The van der Waals surface area contributed by atoms with Crippen LogP contribution in [0.3, 0.4) is 0 Å². The second-order valence-corrected chi connectivity index (χ2v) is 5.54. The Morgan fingerprint density at radius 2 is 2.21 bits per heavy atom. The third-order valence-corrected chi connectivity index (χ3v) is 4.09. The van der Waals surface area contributed by atoms with Crippen LogP contribution in [-0.4, -0.2) is 35.7 Å². The van der Waals surface area contributed by atoms with E-state index in [0.717, 1.165) is 22.6 Å². The molecule has 1 rings (SSSR count). The van der Waals surface area contributed by atoms with Gasteiger partial charge in [0.05, 0.1) is 6.07 Å². The molecule has 0 atom stereocenters. The first-order valence-corrected chi connectivity index (χ1v) is 6.85. The van der Waals surface area contributed by atoms with Gasteiger partial charge in [0.15, 0.2) is 6.20 Å². The summed E-state index contributed by atoms with van der Waals surface area (Å²) in [6, 6.07) is 3.91. The molecule has 0 amide bonds. The van der Waals surface area contributed by atoms with Crippen molar-refractivity contribution in [3.05, 3.63) is 28.4 Å². The van der Waals surface area contributed by atoms with Crippen LogP contribution in [0.5, 0.6) is 0 Å². The Labute approximate surface area is 110 Å². The van der Waals surface area contributed by atoms with Crippen LogP contribution in [-0.2, 0) is 10.0 Å². The van der Waals surface area contributed by atoms with Crippen LogP contribution in [0.2, 0.25) is 0 Å². The summed E-state index contributed by atoms with van der Waals surface area (Å²) in [5, 5.41) is 19.1. The van der Waals surface area contributed by atoms with E-state index in [0.29, 0.717) is 6.42 Å². The Morgan fingerprint density at radius 1 is 1.53 bits per heavy atom. The number of pyridine rings is 1. The molecule has 0 aliphatic carbocycles. The van der Waals surface area contributed by atoms with Gasteiger partial charge in [-0.25, -0.2) is 8.42 Å². The summed E-state index contributed by atoms with van der Waals surface area (Å²) in [7, 11) is -3.84. The molecule has 0 spiro atoms. The lowest BCUT2D eigenvalue weighted by Crippen LogP contribution is -2.32. The van der Waals surface area contributed by atoms with Crippen LogP contribution in [0.25, 0.3) is 0 Å². The van der Waals surface area contributed by atoms with Gasteiger partial charge in [-0.1, -0.05) is 6.92 Å². The molecule has 1 aromatic rings. The van der Waals surface area contributed by atoms with Crippen molar-refractivity contribution in [2.75, 3.05) is 13.1 Å². The molecule has 0 aromatic carbocycles. The van der Waals surface area contributed by atoms with Crippen molar-refractivity contribution in [1.29, 1.82) is 5.26 Å². The summed E-state index contributed by atoms with van der Waals surface area (Å²) in [5.74, 6) is -0.429. The minimum absolute atomic E-state index is 0.165. The van der Waals surface area contributed by atoms with Crippen molar-refractivity contribution >= 4 is 15.8 Å². The van der Waals surface area contributed by atoms with Gasteiger partial charge in [0.2, 0.25) is 10.0 Å². The fraction of sp³-hybridized carbons (Fsp3) is 0.400. The summed E-state index contributed by atoms with van der Waals surface area (Å²) in [4.78, 5) is 13.0. The molecule has 0 fully saturated rings. The standard InChI is InChI=1S/C10H12N4O4S/c1-2-6-13(7-5-11)19(17,18)9-3-4-10(12-8-9)14(15)16/h3-4,8H,2,6-7H2,1H3. The number of hydrogen-bond acceptors (Lipinski definition) is 6. The van der Waals surface area contributed by atoms with Gasteiger partial charge in [-0.3, -0.25) is 0 Å². The second-order valence-electron chi connectivity index (χ2n) is 3.61. The van der Waals surface area contributed by atoms with Crippen molar-refractivity contribution in [3.8, 4) is 6.07 Å². The maximum absolute atomic E-state index is 12.2. The summed E-state index contributed by atoms with van der Waals surface area (Å²) in [6.07, 6.45) is 1.48. The Hall–Kier alpha value is -2.05. The molecule has 0 unspecified atom stereocenters. The molecule has 0 saturated carbocycles. The Morgan fingerprint density at radius 3 is 2.63 bits per heavy atom. The third-order valence-electron chi connectivity index (χ3n) is 2.27. The lowest BCUT2D eigenvalue weighted by atomic mass is 10.5. The summed E-state index contributed by atoms with van der Waals surface area (Å²) in [6.45, 7) is 1.72. The largest absolute Gasteiger partial charge is 0.363 e. The molecule has 0 bridgehead atoms. The van der Waals surface area contributed by atoms with Gasteiger partial charge in [0.1, 0.15) is 11.4 Å². The number of nitro groups is 1. The zero-order valence-corrected chi connectivity index (χ0v) is 11.0. The second kappa shape index (κ2) is 6.21. The zero-order valence-electron chi connectivity index (χ0n) is 10.2. The maximum atomic E-state index is 12.2. The highest BCUT2D eigenvalue weighted by Crippen LogP contribution is 2.17. The SMILES string of the molecule is CCCN(CC#N)S(=O)(=O)c1ccc([N+](=O)[O-])nc1. The number of nitriles is 1. The fourth-order valence-electron chi connectivity index (χ4n) is 1.39. The first-order chi connectivity index (χ1) is 8.93. The number of rotatable bonds is 6. The van der Waals surface area contributed by atoms with E-state index in [1.165, 1.54) is 0 Å². The maximum Gasteiger partial charge on any atom is 0.363 e. The van der Waals surface area contributed by atoms with Crippen LogP contribution in [0.15, 0.2) is 23.2 Å². The molecular weight excluding hydrogens is 272 g/mol. The highest BCUT2D eigenvalue weighted by atomic mass is 32.2. The lowest BCUT2D eigenvalue weighted by molar-refractivity contribution is -0.389. The predicted molar refractivity (Wildman–Crippen MR) is 65.6 cm³/mol. The molecular formula is C10H12N4O4S. The molecule has 19 heavy (non-hydrogen) atoms. The molecule has 102 valence electrons. The molecule has 0 radical (unpaired) electrons. The quantitative estimate of drug-likeness (QED) is 0.435. The minimum atomic E-state index is -3.84. The van der Waals surface area contributed by atoms with Crippen molar-refractivity contribution in [2.24, 2.45) is 0 Å². The van der Waals surface area contributed by atoms with E-state index in [1.54, 1.807) is 13.0 Å². The van der Waals surface area contributed by atoms with Gasteiger partial charge in [0, 0.05) is 12.6 Å². The van der Waals surface area contributed by atoms with Crippen LogP contribution in [0.4, 0.5) is 5.82 Å². The monoisotopic (exact) mass is 284 g/mol. The fourth-order valence-corrected chi connectivity index (χ4v) is 2.77. The highest BCUT2D eigenvalue weighted by Gasteiger charge is 2.25.